The molecule has 1 N–H and O–H groups in total. The molecule has 126 valence electrons. The maximum Gasteiger partial charge on any atom is 0.255 e. The second kappa shape index (κ2) is 7.81. The molecular formula is C20H15ClFNO2. The lowest BCUT2D eigenvalue weighted by atomic mass is 10.1. The number of hydrogen-bond donors (Lipinski definition) is 1. The standard InChI is InChI=1S/C20H15ClFNO2/c21-18-12-16(22)10-11-19(18)23-20(24)15-8-6-14(7-9-15)13-25-17-4-2-1-3-5-17/h1-12H,13H2,(H,23,24). The molecule has 0 unspecified atom stereocenters. The van der Waals surface area contributed by atoms with E-state index >= 15 is 0 Å². The highest BCUT2D eigenvalue weighted by molar-refractivity contribution is 6.33. The van der Waals surface area contributed by atoms with Crippen LogP contribution in [0.15, 0.2) is 72.8 Å². The highest BCUT2D eigenvalue weighted by Crippen LogP contribution is 2.23. The van der Waals surface area contributed by atoms with Crippen LogP contribution in [0.4, 0.5) is 10.1 Å². The SMILES string of the molecule is O=C(Nc1ccc(F)cc1Cl)c1ccc(COc2ccccc2)cc1. The van der Waals surface area contributed by atoms with Crippen molar-refractivity contribution in [3.63, 3.8) is 0 Å². The largest absolute Gasteiger partial charge is 0.489 e. The average Bonchev–Trinajstić information content (AvgIpc) is 2.63. The van der Waals surface area contributed by atoms with Crippen molar-refractivity contribution in [2.75, 3.05) is 5.32 Å². The van der Waals surface area contributed by atoms with Gasteiger partial charge in [0.05, 0.1) is 10.7 Å². The number of hydrogen-bond acceptors (Lipinski definition) is 2. The van der Waals surface area contributed by atoms with Crippen molar-refractivity contribution >= 4 is 23.2 Å². The number of anilines is 1. The lowest BCUT2D eigenvalue weighted by molar-refractivity contribution is 0.102. The Bertz CT molecular complexity index is 867. The molecule has 0 aromatic heterocycles. The van der Waals surface area contributed by atoms with Gasteiger partial charge >= 0.3 is 0 Å². The first kappa shape index (κ1) is 17.0. The van der Waals surface area contributed by atoms with Crippen LogP contribution in [0.3, 0.4) is 0 Å². The Morgan fingerprint density at radius 3 is 2.40 bits per heavy atom. The molecule has 0 saturated carbocycles. The second-order valence-electron chi connectivity index (χ2n) is 5.38. The summed E-state index contributed by atoms with van der Waals surface area (Å²) in [4.78, 5) is 12.2. The molecular weight excluding hydrogens is 341 g/mol. The highest BCUT2D eigenvalue weighted by atomic mass is 35.5. The van der Waals surface area contributed by atoms with Crippen LogP contribution in [-0.2, 0) is 6.61 Å². The van der Waals surface area contributed by atoms with Gasteiger partial charge in [0.2, 0.25) is 0 Å². The van der Waals surface area contributed by atoms with Gasteiger partial charge in [0.25, 0.3) is 5.91 Å². The molecule has 0 heterocycles. The van der Waals surface area contributed by atoms with Crippen LogP contribution in [-0.4, -0.2) is 5.91 Å². The normalized spacial score (nSPS) is 10.3. The molecule has 0 fully saturated rings. The number of para-hydroxylation sites is 1. The fourth-order valence-electron chi connectivity index (χ4n) is 2.22. The minimum absolute atomic E-state index is 0.154. The third-order valence-electron chi connectivity index (χ3n) is 3.54. The van der Waals surface area contributed by atoms with Crippen molar-refractivity contribution in [2.45, 2.75) is 6.61 Å². The number of ether oxygens (including phenoxy) is 1. The minimum atomic E-state index is -0.453. The topological polar surface area (TPSA) is 38.3 Å². The summed E-state index contributed by atoms with van der Waals surface area (Å²) < 4.78 is 18.7. The van der Waals surface area contributed by atoms with E-state index in [1.165, 1.54) is 12.1 Å². The van der Waals surface area contributed by atoms with Gasteiger partial charge in [0, 0.05) is 5.56 Å². The van der Waals surface area contributed by atoms with Crippen molar-refractivity contribution in [1.29, 1.82) is 0 Å². The summed E-state index contributed by atoms with van der Waals surface area (Å²) in [6.45, 7) is 0.412. The number of nitrogens with one attached hydrogen (secondary N) is 1. The molecule has 1 amide bonds. The maximum absolute atomic E-state index is 13.0. The Hall–Kier alpha value is -2.85. The lowest BCUT2D eigenvalue weighted by Crippen LogP contribution is -2.12. The Morgan fingerprint density at radius 2 is 1.72 bits per heavy atom. The summed E-state index contributed by atoms with van der Waals surface area (Å²) in [6.07, 6.45) is 0. The summed E-state index contributed by atoms with van der Waals surface area (Å²) >= 11 is 5.91. The fraction of sp³-hybridized carbons (Fsp3) is 0.0500. The Balaban J connectivity index is 1.62. The molecule has 0 saturated heterocycles. The first-order valence-electron chi connectivity index (χ1n) is 7.65. The zero-order chi connectivity index (χ0) is 17.6. The predicted molar refractivity (Wildman–Crippen MR) is 96.6 cm³/mol. The van der Waals surface area contributed by atoms with Crippen LogP contribution >= 0.6 is 11.6 Å². The maximum atomic E-state index is 13.0. The van der Waals surface area contributed by atoms with Crippen LogP contribution in [0.25, 0.3) is 0 Å². The molecule has 3 nitrogen and oxygen atoms in total. The van der Waals surface area contributed by atoms with Crippen LogP contribution < -0.4 is 10.1 Å². The highest BCUT2D eigenvalue weighted by Gasteiger charge is 2.09. The number of carbonyl (C=O) groups excluding carboxylic acids is 1. The van der Waals surface area contributed by atoms with Gasteiger partial charge in [0.15, 0.2) is 0 Å². The van der Waals surface area contributed by atoms with Crippen LogP contribution in [0, 0.1) is 5.82 Å². The molecule has 0 spiro atoms. The zero-order valence-corrected chi connectivity index (χ0v) is 14.0. The van der Waals surface area contributed by atoms with Gasteiger partial charge in [0.1, 0.15) is 18.2 Å². The molecule has 0 aliphatic heterocycles. The third-order valence-corrected chi connectivity index (χ3v) is 3.86. The second-order valence-corrected chi connectivity index (χ2v) is 5.78. The molecule has 25 heavy (non-hydrogen) atoms. The van der Waals surface area contributed by atoms with E-state index in [1.54, 1.807) is 12.1 Å². The average molecular weight is 356 g/mol. The van der Waals surface area contributed by atoms with E-state index in [-0.39, 0.29) is 10.9 Å². The van der Waals surface area contributed by atoms with Crippen LogP contribution in [0.2, 0.25) is 5.02 Å². The smallest absolute Gasteiger partial charge is 0.255 e. The monoisotopic (exact) mass is 355 g/mol. The molecule has 0 radical (unpaired) electrons. The molecule has 0 aliphatic carbocycles. The van der Waals surface area contributed by atoms with Crippen molar-refractivity contribution in [1.82, 2.24) is 0 Å². The minimum Gasteiger partial charge on any atom is -0.489 e. The van der Waals surface area contributed by atoms with Crippen molar-refractivity contribution < 1.29 is 13.9 Å². The van der Waals surface area contributed by atoms with E-state index in [1.807, 2.05) is 42.5 Å². The van der Waals surface area contributed by atoms with E-state index < -0.39 is 5.82 Å². The summed E-state index contributed by atoms with van der Waals surface area (Å²) in [5.74, 6) is 0.0186. The van der Waals surface area contributed by atoms with Gasteiger partial charge < -0.3 is 10.1 Å². The third kappa shape index (κ3) is 4.58. The first-order chi connectivity index (χ1) is 12.1. The number of benzene rings is 3. The molecule has 3 aromatic rings. The molecule has 0 aliphatic rings. The number of amides is 1. The Labute approximate surface area is 150 Å². The van der Waals surface area contributed by atoms with E-state index in [9.17, 15) is 9.18 Å². The number of halogens is 2. The van der Waals surface area contributed by atoms with Crippen LogP contribution in [0.1, 0.15) is 15.9 Å². The number of carbonyl (C=O) groups is 1. The molecule has 3 aromatic carbocycles. The first-order valence-corrected chi connectivity index (χ1v) is 8.03. The van der Waals surface area contributed by atoms with Gasteiger partial charge in [-0.1, -0.05) is 41.9 Å². The van der Waals surface area contributed by atoms with Crippen molar-refractivity contribution in [2.24, 2.45) is 0 Å². The Kier molecular flexibility index (Phi) is 5.31. The van der Waals surface area contributed by atoms with Gasteiger partial charge in [-0.2, -0.15) is 0 Å². The van der Waals surface area contributed by atoms with Crippen molar-refractivity contribution in [3.8, 4) is 5.75 Å². The summed E-state index contributed by atoms with van der Waals surface area (Å²) in [5.41, 5.74) is 1.79. The predicted octanol–water partition coefficient (Wildman–Crippen LogP) is 5.31. The number of rotatable bonds is 5. The zero-order valence-electron chi connectivity index (χ0n) is 13.2. The summed E-state index contributed by atoms with van der Waals surface area (Å²) in [5, 5.41) is 2.82. The van der Waals surface area contributed by atoms with E-state index in [0.29, 0.717) is 17.9 Å². The molecule has 0 atom stereocenters. The van der Waals surface area contributed by atoms with Gasteiger partial charge in [-0.3, -0.25) is 4.79 Å². The molecule has 0 bridgehead atoms. The van der Waals surface area contributed by atoms with Gasteiger partial charge in [-0.25, -0.2) is 4.39 Å². The summed E-state index contributed by atoms with van der Waals surface area (Å²) in [7, 11) is 0. The van der Waals surface area contributed by atoms with Crippen molar-refractivity contribution in [3.05, 3.63) is 94.8 Å². The van der Waals surface area contributed by atoms with E-state index in [4.69, 9.17) is 16.3 Å². The molecule has 3 rings (SSSR count). The van der Waals surface area contributed by atoms with Crippen LogP contribution in [0.5, 0.6) is 5.75 Å². The quantitative estimate of drug-likeness (QED) is 0.673. The van der Waals surface area contributed by atoms with E-state index in [2.05, 4.69) is 5.32 Å². The fourth-order valence-corrected chi connectivity index (χ4v) is 2.44. The Morgan fingerprint density at radius 1 is 1.00 bits per heavy atom. The lowest BCUT2D eigenvalue weighted by Gasteiger charge is -2.09. The van der Waals surface area contributed by atoms with Gasteiger partial charge in [-0.15, -0.1) is 0 Å². The van der Waals surface area contributed by atoms with E-state index in [0.717, 1.165) is 17.4 Å². The van der Waals surface area contributed by atoms with Gasteiger partial charge in [-0.05, 0) is 48.0 Å². The molecule has 5 heteroatoms. The summed E-state index contributed by atoms with van der Waals surface area (Å²) in [6, 6.07) is 20.4.